The molecule has 1 amide bonds. The predicted octanol–water partition coefficient (Wildman–Crippen LogP) is 2.75. The summed E-state index contributed by atoms with van der Waals surface area (Å²) in [6.45, 7) is 5.51. The van der Waals surface area contributed by atoms with Gasteiger partial charge in [-0.15, -0.1) is 0 Å². The van der Waals surface area contributed by atoms with Gasteiger partial charge in [0.05, 0.1) is 10.2 Å². The number of benzene rings is 1. The Morgan fingerprint density at radius 1 is 1.39 bits per heavy atom. The fourth-order valence-electron chi connectivity index (χ4n) is 1.71. The number of nitrogens with zero attached hydrogens (tertiary/aromatic N) is 1. The number of amides is 1. The van der Waals surface area contributed by atoms with Gasteiger partial charge in [0.1, 0.15) is 0 Å². The van der Waals surface area contributed by atoms with Crippen LogP contribution in [-0.4, -0.2) is 16.0 Å². The molecule has 0 fully saturated rings. The summed E-state index contributed by atoms with van der Waals surface area (Å²) in [6.07, 6.45) is 0. The van der Waals surface area contributed by atoms with Crippen LogP contribution in [0.2, 0.25) is 0 Å². The highest BCUT2D eigenvalue weighted by Crippen LogP contribution is 2.29. The van der Waals surface area contributed by atoms with Crippen LogP contribution in [-0.2, 0) is 4.79 Å². The highest BCUT2D eigenvalue weighted by Gasteiger charge is 2.08. The third kappa shape index (κ3) is 2.83. The number of carbonyl (C=O) groups excluding carboxylic acids is 1. The van der Waals surface area contributed by atoms with E-state index in [0.29, 0.717) is 5.13 Å². The summed E-state index contributed by atoms with van der Waals surface area (Å²) >= 11 is 6.52. The Labute approximate surface area is 114 Å². The normalized spacial score (nSPS) is 10.4. The van der Waals surface area contributed by atoms with Gasteiger partial charge in [-0.2, -0.15) is 0 Å². The standard InChI is InChI=1S/C12H13N3OS2/c1-6-4-7(2)10-9(5-6)18-12(14-10)15-11(17)13-8(3)16/h4-5H,1-3H3,(H2,13,14,15,16,17). The van der Waals surface area contributed by atoms with E-state index in [1.54, 1.807) is 0 Å². The minimum Gasteiger partial charge on any atom is -0.308 e. The van der Waals surface area contributed by atoms with Crippen molar-refractivity contribution in [3.05, 3.63) is 23.3 Å². The number of fused-ring (bicyclic) bond motifs is 1. The molecule has 0 bridgehead atoms. The lowest BCUT2D eigenvalue weighted by Crippen LogP contribution is -2.32. The number of aryl methyl sites for hydroxylation is 2. The summed E-state index contributed by atoms with van der Waals surface area (Å²) in [4.78, 5) is 15.3. The zero-order valence-electron chi connectivity index (χ0n) is 10.3. The van der Waals surface area contributed by atoms with Crippen molar-refractivity contribution in [2.45, 2.75) is 20.8 Å². The van der Waals surface area contributed by atoms with Crippen molar-refractivity contribution in [2.75, 3.05) is 5.32 Å². The molecule has 2 rings (SSSR count). The number of anilines is 1. The first kappa shape index (κ1) is 12.9. The van der Waals surface area contributed by atoms with Crippen molar-refractivity contribution in [3.8, 4) is 0 Å². The number of thiazole rings is 1. The molecule has 0 aliphatic rings. The van der Waals surface area contributed by atoms with E-state index >= 15 is 0 Å². The van der Waals surface area contributed by atoms with Crippen molar-refractivity contribution in [1.82, 2.24) is 10.3 Å². The van der Waals surface area contributed by atoms with Crippen molar-refractivity contribution >= 4 is 49.9 Å². The summed E-state index contributed by atoms with van der Waals surface area (Å²) in [5, 5.41) is 6.39. The molecule has 2 N–H and O–H groups in total. The summed E-state index contributed by atoms with van der Waals surface area (Å²) in [5.74, 6) is -0.194. The largest absolute Gasteiger partial charge is 0.308 e. The molecule has 0 atom stereocenters. The maximum absolute atomic E-state index is 10.9. The Morgan fingerprint density at radius 3 is 2.78 bits per heavy atom. The molecule has 2 aromatic rings. The molecule has 0 spiro atoms. The van der Waals surface area contributed by atoms with E-state index in [9.17, 15) is 4.79 Å². The lowest BCUT2D eigenvalue weighted by Gasteiger charge is -2.03. The van der Waals surface area contributed by atoms with E-state index in [0.717, 1.165) is 15.8 Å². The molecular formula is C12H13N3OS2. The van der Waals surface area contributed by atoms with Gasteiger partial charge in [0.15, 0.2) is 10.2 Å². The fourth-order valence-corrected chi connectivity index (χ4v) is 3.06. The van der Waals surface area contributed by atoms with E-state index in [1.807, 2.05) is 6.92 Å². The molecule has 1 aromatic carbocycles. The van der Waals surface area contributed by atoms with Crippen LogP contribution in [0.5, 0.6) is 0 Å². The summed E-state index contributed by atoms with van der Waals surface area (Å²) in [7, 11) is 0. The molecule has 0 saturated heterocycles. The van der Waals surface area contributed by atoms with Crippen LogP contribution in [0.4, 0.5) is 5.13 Å². The van der Waals surface area contributed by atoms with Crippen LogP contribution < -0.4 is 10.6 Å². The molecule has 0 aliphatic heterocycles. The average Bonchev–Trinajstić information content (AvgIpc) is 2.58. The van der Waals surface area contributed by atoms with Crippen molar-refractivity contribution < 1.29 is 4.79 Å². The Hall–Kier alpha value is -1.53. The predicted molar refractivity (Wildman–Crippen MR) is 79.1 cm³/mol. The smallest absolute Gasteiger partial charge is 0.222 e. The molecule has 6 heteroatoms. The van der Waals surface area contributed by atoms with Crippen LogP contribution in [0.1, 0.15) is 18.1 Å². The molecule has 1 heterocycles. The first-order valence-corrected chi connectivity index (χ1v) is 6.64. The number of nitrogens with one attached hydrogen (secondary N) is 2. The molecule has 0 aliphatic carbocycles. The van der Waals surface area contributed by atoms with Gasteiger partial charge in [-0.1, -0.05) is 17.4 Å². The number of carbonyl (C=O) groups is 1. The van der Waals surface area contributed by atoms with Gasteiger partial charge in [0.2, 0.25) is 5.91 Å². The van der Waals surface area contributed by atoms with Crippen LogP contribution in [0.3, 0.4) is 0 Å². The van der Waals surface area contributed by atoms with Crippen molar-refractivity contribution in [1.29, 1.82) is 0 Å². The third-order valence-corrected chi connectivity index (χ3v) is 3.46. The maximum Gasteiger partial charge on any atom is 0.222 e. The minimum atomic E-state index is -0.194. The van der Waals surface area contributed by atoms with Gasteiger partial charge in [-0.3, -0.25) is 4.79 Å². The van der Waals surface area contributed by atoms with E-state index in [4.69, 9.17) is 12.2 Å². The zero-order valence-corrected chi connectivity index (χ0v) is 12.0. The highest BCUT2D eigenvalue weighted by molar-refractivity contribution is 7.80. The van der Waals surface area contributed by atoms with Gasteiger partial charge in [0, 0.05) is 6.92 Å². The monoisotopic (exact) mass is 279 g/mol. The third-order valence-electron chi connectivity index (χ3n) is 2.34. The number of hydrogen-bond donors (Lipinski definition) is 2. The number of thiocarbonyl (C=S) groups is 1. The average molecular weight is 279 g/mol. The van der Waals surface area contributed by atoms with Gasteiger partial charge in [0.25, 0.3) is 0 Å². The van der Waals surface area contributed by atoms with Gasteiger partial charge in [-0.25, -0.2) is 4.98 Å². The van der Waals surface area contributed by atoms with Gasteiger partial charge in [-0.05, 0) is 43.3 Å². The summed E-state index contributed by atoms with van der Waals surface area (Å²) in [5.41, 5.74) is 3.32. The minimum absolute atomic E-state index is 0.194. The number of hydrogen-bond acceptors (Lipinski definition) is 4. The first-order valence-electron chi connectivity index (χ1n) is 5.42. The van der Waals surface area contributed by atoms with Crippen molar-refractivity contribution in [3.63, 3.8) is 0 Å². The Balaban J connectivity index is 2.28. The quantitative estimate of drug-likeness (QED) is 0.788. The zero-order chi connectivity index (χ0) is 13.3. The second-order valence-electron chi connectivity index (χ2n) is 4.08. The lowest BCUT2D eigenvalue weighted by molar-refractivity contribution is -0.117. The SMILES string of the molecule is CC(=O)NC(=S)Nc1nc2c(C)cc(C)cc2s1. The molecule has 0 unspecified atom stereocenters. The van der Waals surface area contributed by atoms with E-state index in [-0.39, 0.29) is 11.0 Å². The number of aromatic nitrogens is 1. The van der Waals surface area contributed by atoms with Crippen LogP contribution in [0, 0.1) is 13.8 Å². The van der Waals surface area contributed by atoms with E-state index < -0.39 is 0 Å². The summed E-state index contributed by atoms with van der Waals surface area (Å²) < 4.78 is 1.11. The van der Waals surface area contributed by atoms with E-state index in [1.165, 1.54) is 23.8 Å². The Kier molecular flexibility index (Phi) is 3.58. The molecule has 4 nitrogen and oxygen atoms in total. The highest BCUT2D eigenvalue weighted by atomic mass is 32.1. The van der Waals surface area contributed by atoms with Gasteiger partial charge < -0.3 is 10.6 Å². The molecule has 94 valence electrons. The fraction of sp³-hybridized carbons (Fsp3) is 0.250. The molecule has 18 heavy (non-hydrogen) atoms. The Bertz CT molecular complexity index is 634. The molecule has 0 radical (unpaired) electrons. The molecule has 1 aromatic heterocycles. The van der Waals surface area contributed by atoms with Gasteiger partial charge >= 0.3 is 0 Å². The second-order valence-corrected chi connectivity index (χ2v) is 5.52. The first-order chi connectivity index (χ1) is 8.45. The van der Waals surface area contributed by atoms with Crippen molar-refractivity contribution in [2.24, 2.45) is 0 Å². The number of rotatable bonds is 1. The van der Waals surface area contributed by atoms with E-state index in [2.05, 4.69) is 34.7 Å². The lowest BCUT2D eigenvalue weighted by atomic mass is 10.1. The molecular weight excluding hydrogens is 266 g/mol. The van der Waals surface area contributed by atoms with Crippen LogP contribution >= 0.6 is 23.6 Å². The maximum atomic E-state index is 10.9. The Morgan fingerprint density at radius 2 is 2.11 bits per heavy atom. The molecule has 0 saturated carbocycles. The van der Waals surface area contributed by atoms with Crippen LogP contribution in [0.25, 0.3) is 10.2 Å². The topological polar surface area (TPSA) is 54.0 Å². The summed E-state index contributed by atoms with van der Waals surface area (Å²) in [6, 6.07) is 4.19. The van der Waals surface area contributed by atoms with Crippen LogP contribution in [0.15, 0.2) is 12.1 Å². The second kappa shape index (κ2) is 4.99.